The van der Waals surface area contributed by atoms with Crippen LogP contribution in [0.5, 0.6) is 0 Å². The largest absolute Gasteiger partial charge is 0.444 e. The molecule has 3 aliphatic rings. The molecule has 6 heteroatoms. The van der Waals surface area contributed by atoms with Gasteiger partial charge in [0.2, 0.25) is 0 Å². The fourth-order valence-electron chi connectivity index (χ4n) is 4.60. The van der Waals surface area contributed by atoms with Crippen LogP contribution in [0.2, 0.25) is 0 Å². The molecule has 0 bridgehead atoms. The zero-order valence-corrected chi connectivity index (χ0v) is 17.4. The van der Waals surface area contributed by atoms with Crippen LogP contribution in [0.15, 0.2) is 27.7 Å². The molecule has 0 saturated carbocycles. The lowest BCUT2D eigenvalue weighted by molar-refractivity contribution is 0.223. The highest BCUT2D eigenvalue weighted by atomic mass is 16.4. The third-order valence-electron chi connectivity index (χ3n) is 6.52. The Balaban J connectivity index is 1.22. The van der Waals surface area contributed by atoms with Crippen molar-refractivity contribution in [3.05, 3.63) is 41.2 Å². The Morgan fingerprint density at radius 2 is 2.00 bits per heavy atom. The number of nitrogens with zero attached hydrogens (tertiary/aromatic N) is 5. The van der Waals surface area contributed by atoms with Gasteiger partial charge in [-0.1, -0.05) is 6.92 Å². The SMILES string of the molecule is CC1CCN(c2ccc(CN3CCc4nc(C5=NCCCC5)ncc4C3)o2)CC1. The van der Waals surface area contributed by atoms with Crippen LogP contribution in [0.1, 0.15) is 61.9 Å². The van der Waals surface area contributed by atoms with Crippen molar-refractivity contribution in [1.29, 1.82) is 0 Å². The molecule has 0 amide bonds. The molecule has 2 aromatic heterocycles. The maximum absolute atomic E-state index is 6.18. The summed E-state index contributed by atoms with van der Waals surface area (Å²) >= 11 is 0. The summed E-state index contributed by atoms with van der Waals surface area (Å²) in [5.74, 6) is 3.77. The van der Waals surface area contributed by atoms with Crippen molar-refractivity contribution in [2.45, 2.75) is 58.5 Å². The van der Waals surface area contributed by atoms with Gasteiger partial charge in [-0.3, -0.25) is 9.89 Å². The Bertz CT molecular complexity index is 881. The number of anilines is 1. The van der Waals surface area contributed by atoms with E-state index in [2.05, 4.69) is 38.8 Å². The van der Waals surface area contributed by atoms with E-state index in [0.717, 1.165) is 81.2 Å². The molecule has 0 N–H and O–H groups in total. The van der Waals surface area contributed by atoms with Crippen molar-refractivity contribution in [2.24, 2.45) is 10.9 Å². The van der Waals surface area contributed by atoms with Crippen molar-refractivity contribution in [3.63, 3.8) is 0 Å². The summed E-state index contributed by atoms with van der Waals surface area (Å²) in [5.41, 5.74) is 3.53. The number of aliphatic imine (C=N–C) groups is 1. The highest BCUT2D eigenvalue weighted by Crippen LogP contribution is 2.26. The van der Waals surface area contributed by atoms with Crippen LogP contribution in [-0.4, -0.2) is 46.8 Å². The lowest BCUT2D eigenvalue weighted by atomic mass is 9.99. The molecular weight excluding hydrogens is 362 g/mol. The highest BCUT2D eigenvalue weighted by Gasteiger charge is 2.22. The van der Waals surface area contributed by atoms with Crippen molar-refractivity contribution >= 4 is 11.6 Å². The molecule has 1 saturated heterocycles. The number of piperidine rings is 1. The monoisotopic (exact) mass is 393 g/mol. The Morgan fingerprint density at radius 3 is 2.83 bits per heavy atom. The van der Waals surface area contributed by atoms with E-state index in [9.17, 15) is 0 Å². The molecule has 0 spiro atoms. The second kappa shape index (κ2) is 8.27. The molecular formula is C23H31N5O. The first-order valence-corrected chi connectivity index (χ1v) is 11.2. The molecule has 1 fully saturated rings. The molecule has 154 valence electrons. The average Bonchev–Trinajstić information content (AvgIpc) is 3.23. The summed E-state index contributed by atoms with van der Waals surface area (Å²) in [6.45, 7) is 8.22. The number of hydrogen-bond donors (Lipinski definition) is 0. The third kappa shape index (κ3) is 4.22. The Hall–Kier alpha value is -2.21. The van der Waals surface area contributed by atoms with Crippen LogP contribution in [0, 0.1) is 5.92 Å². The minimum atomic E-state index is 0.835. The van der Waals surface area contributed by atoms with Crippen molar-refractivity contribution in [1.82, 2.24) is 14.9 Å². The van der Waals surface area contributed by atoms with E-state index in [4.69, 9.17) is 9.40 Å². The van der Waals surface area contributed by atoms with E-state index in [1.165, 1.54) is 36.9 Å². The second-order valence-corrected chi connectivity index (χ2v) is 8.82. The first-order valence-electron chi connectivity index (χ1n) is 11.2. The molecule has 6 nitrogen and oxygen atoms in total. The predicted octanol–water partition coefficient (Wildman–Crippen LogP) is 3.84. The van der Waals surface area contributed by atoms with Crippen LogP contribution in [0.3, 0.4) is 0 Å². The van der Waals surface area contributed by atoms with Gasteiger partial charge in [-0.2, -0.15) is 0 Å². The van der Waals surface area contributed by atoms with E-state index in [1.807, 2.05) is 6.20 Å². The van der Waals surface area contributed by atoms with Gasteiger partial charge in [0.15, 0.2) is 11.7 Å². The Morgan fingerprint density at radius 1 is 1.10 bits per heavy atom. The molecule has 5 heterocycles. The van der Waals surface area contributed by atoms with Crippen molar-refractivity contribution in [2.75, 3.05) is 31.1 Å². The standard InChI is InChI=1S/C23H31N5O/c1-17-7-12-28(13-8-17)22-6-5-19(29-22)16-27-11-9-20-18(15-27)14-25-23(26-20)21-4-2-3-10-24-21/h5-6,14,17H,2-4,7-13,15-16H2,1H3. The zero-order chi connectivity index (χ0) is 19.6. The summed E-state index contributed by atoms with van der Waals surface area (Å²) in [4.78, 5) is 18.9. The lowest BCUT2D eigenvalue weighted by Gasteiger charge is -2.30. The maximum Gasteiger partial charge on any atom is 0.195 e. The summed E-state index contributed by atoms with van der Waals surface area (Å²) in [6, 6.07) is 4.28. The number of fused-ring (bicyclic) bond motifs is 1. The molecule has 0 unspecified atom stereocenters. The number of furan rings is 1. The normalized spacial score (nSPS) is 21.1. The molecule has 0 radical (unpaired) electrons. The predicted molar refractivity (Wildman–Crippen MR) is 114 cm³/mol. The topological polar surface area (TPSA) is 57.8 Å². The van der Waals surface area contributed by atoms with E-state index in [0.29, 0.717) is 0 Å². The van der Waals surface area contributed by atoms with Gasteiger partial charge in [0.05, 0.1) is 18.0 Å². The van der Waals surface area contributed by atoms with Crippen molar-refractivity contribution in [3.8, 4) is 0 Å². The highest BCUT2D eigenvalue weighted by molar-refractivity contribution is 5.97. The number of aromatic nitrogens is 2. The van der Waals surface area contributed by atoms with Crippen LogP contribution in [-0.2, 0) is 19.5 Å². The van der Waals surface area contributed by atoms with Crippen molar-refractivity contribution < 1.29 is 4.42 Å². The fourth-order valence-corrected chi connectivity index (χ4v) is 4.60. The van der Waals surface area contributed by atoms with E-state index < -0.39 is 0 Å². The average molecular weight is 394 g/mol. The van der Waals surface area contributed by atoms with Gasteiger partial charge < -0.3 is 9.32 Å². The number of hydrogen-bond acceptors (Lipinski definition) is 6. The smallest absolute Gasteiger partial charge is 0.195 e. The van der Waals surface area contributed by atoms with Gasteiger partial charge in [-0.25, -0.2) is 9.97 Å². The summed E-state index contributed by atoms with van der Waals surface area (Å²) < 4.78 is 6.18. The van der Waals surface area contributed by atoms with Gasteiger partial charge in [0.1, 0.15) is 5.76 Å². The molecule has 5 rings (SSSR count). The summed E-state index contributed by atoms with van der Waals surface area (Å²) in [7, 11) is 0. The molecule has 0 aromatic carbocycles. The minimum absolute atomic E-state index is 0.835. The maximum atomic E-state index is 6.18. The number of rotatable bonds is 4. The molecule has 0 aliphatic carbocycles. The zero-order valence-electron chi connectivity index (χ0n) is 17.4. The van der Waals surface area contributed by atoms with E-state index in [-0.39, 0.29) is 0 Å². The molecule has 2 aromatic rings. The van der Waals surface area contributed by atoms with Crippen LogP contribution < -0.4 is 4.90 Å². The quantitative estimate of drug-likeness (QED) is 0.790. The van der Waals surface area contributed by atoms with Gasteiger partial charge in [0, 0.05) is 57.0 Å². The third-order valence-corrected chi connectivity index (χ3v) is 6.52. The van der Waals surface area contributed by atoms with Gasteiger partial charge >= 0.3 is 0 Å². The van der Waals surface area contributed by atoms with Gasteiger partial charge in [0.25, 0.3) is 0 Å². The Labute approximate surface area is 173 Å². The van der Waals surface area contributed by atoms with Gasteiger partial charge in [-0.15, -0.1) is 0 Å². The van der Waals surface area contributed by atoms with Crippen LogP contribution >= 0.6 is 0 Å². The lowest BCUT2D eigenvalue weighted by Crippen LogP contribution is -2.32. The summed E-state index contributed by atoms with van der Waals surface area (Å²) in [6.07, 6.45) is 8.91. The van der Waals surface area contributed by atoms with E-state index >= 15 is 0 Å². The second-order valence-electron chi connectivity index (χ2n) is 8.82. The Kier molecular flexibility index (Phi) is 5.36. The molecule has 3 aliphatic heterocycles. The molecule has 0 atom stereocenters. The summed E-state index contributed by atoms with van der Waals surface area (Å²) in [5, 5.41) is 0. The van der Waals surface area contributed by atoms with Crippen LogP contribution in [0.25, 0.3) is 0 Å². The fraction of sp³-hybridized carbons (Fsp3) is 0.609. The molecule has 29 heavy (non-hydrogen) atoms. The van der Waals surface area contributed by atoms with E-state index in [1.54, 1.807) is 0 Å². The minimum Gasteiger partial charge on any atom is -0.444 e. The first-order chi connectivity index (χ1) is 14.2. The first kappa shape index (κ1) is 18.8. The van der Waals surface area contributed by atoms with Gasteiger partial charge in [-0.05, 0) is 44.1 Å². The van der Waals surface area contributed by atoms with Crippen LogP contribution in [0.4, 0.5) is 5.88 Å².